The largest absolute Gasteiger partial charge is 0.508 e. The van der Waals surface area contributed by atoms with E-state index >= 15 is 0 Å². The van der Waals surface area contributed by atoms with Gasteiger partial charge in [-0.25, -0.2) is 9.59 Å². The minimum Gasteiger partial charge on any atom is -0.497 e. The summed E-state index contributed by atoms with van der Waals surface area (Å²) in [5, 5.41) is 11.0. The summed E-state index contributed by atoms with van der Waals surface area (Å²) in [6.07, 6.45) is -1.39. The second kappa shape index (κ2) is 16.9. The average Bonchev–Trinajstić information content (AvgIpc) is 3.18. The molecule has 0 saturated carbocycles. The van der Waals surface area contributed by atoms with Crippen LogP contribution in [0.4, 0.5) is 10.5 Å². The molecule has 1 aliphatic rings. The van der Waals surface area contributed by atoms with Gasteiger partial charge in [0.2, 0.25) is 5.91 Å². The summed E-state index contributed by atoms with van der Waals surface area (Å²) < 4.78 is 32.7. The first-order chi connectivity index (χ1) is 25.5. The Labute approximate surface area is 307 Å². The number of ether oxygens (including phenoxy) is 6. The van der Waals surface area contributed by atoms with E-state index in [9.17, 15) is 24.5 Å². The van der Waals surface area contributed by atoms with E-state index in [1.165, 1.54) is 36.1 Å². The third-order valence-corrected chi connectivity index (χ3v) is 9.58. The number of likely N-dealkylation sites (tertiary alicyclic amines) is 1. The van der Waals surface area contributed by atoms with Gasteiger partial charge in [-0.2, -0.15) is 0 Å². The molecule has 1 amide bonds. The number of benzene rings is 4. The normalized spacial score (nSPS) is 17.0. The van der Waals surface area contributed by atoms with Gasteiger partial charge in [0.1, 0.15) is 48.0 Å². The topological polar surface area (TPSA) is 153 Å². The predicted octanol–water partition coefficient (Wildman–Crippen LogP) is 6.48. The van der Waals surface area contributed by atoms with Crippen LogP contribution in [0.2, 0.25) is 0 Å². The first kappa shape index (κ1) is 38.1. The van der Waals surface area contributed by atoms with E-state index in [0.29, 0.717) is 41.2 Å². The molecule has 0 bridgehead atoms. The number of nitro groups is 1. The van der Waals surface area contributed by atoms with Gasteiger partial charge in [0, 0.05) is 18.2 Å². The van der Waals surface area contributed by atoms with Gasteiger partial charge in [-0.1, -0.05) is 36.4 Å². The van der Waals surface area contributed by atoms with Gasteiger partial charge >= 0.3 is 12.1 Å². The molecule has 3 unspecified atom stereocenters. The maximum atomic E-state index is 14.4. The number of rotatable bonds is 16. The number of amides is 1. The van der Waals surface area contributed by atoms with Gasteiger partial charge in [0.05, 0.1) is 26.3 Å². The number of hydrogen-bond donors (Lipinski definition) is 0. The van der Waals surface area contributed by atoms with Crippen molar-refractivity contribution in [1.29, 1.82) is 0 Å². The van der Waals surface area contributed by atoms with Crippen molar-refractivity contribution in [2.24, 2.45) is 5.41 Å². The third kappa shape index (κ3) is 8.86. The molecule has 1 aliphatic heterocycles. The van der Waals surface area contributed by atoms with Gasteiger partial charge < -0.3 is 33.3 Å². The molecule has 0 N–H and O–H groups in total. The highest BCUT2D eigenvalue weighted by Gasteiger charge is 2.67. The number of carbonyl (C=O) groups excluding carboxylic acids is 3. The van der Waals surface area contributed by atoms with Crippen LogP contribution in [-0.4, -0.2) is 67.4 Å². The van der Waals surface area contributed by atoms with Crippen LogP contribution >= 0.6 is 0 Å². The fourth-order valence-corrected chi connectivity index (χ4v) is 6.31. The number of hydrogen-bond acceptors (Lipinski definition) is 11. The zero-order valence-corrected chi connectivity index (χ0v) is 30.2. The van der Waals surface area contributed by atoms with E-state index in [0.717, 1.165) is 11.1 Å². The van der Waals surface area contributed by atoms with Crippen LogP contribution < -0.4 is 14.2 Å². The molecule has 13 nitrogen and oxygen atoms in total. The summed E-state index contributed by atoms with van der Waals surface area (Å²) in [4.78, 5) is 53.5. The van der Waals surface area contributed by atoms with E-state index < -0.39 is 46.6 Å². The molecular formula is C40H42N2O11. The number of carbonyl (C=O) groups is 3. The maximum Gasteiger partial charge on any atom is 0.508 e. The lowest BCUT2D eigenvalue weighted by atomic mass is 9.66. The number of nitrogens with zero attached hydrogens (tertiary/aromatic N) is 2. The average molecular weight is 727 g/mol. The van der Waals surface area contributed by atoms with Gasteiger partial charge in [0.15, 0.2) is 0 Å². The molecule has 278 valence electrons. The summed E-state index contributed by atoms with van der Waals surface area (Å²) in [6, 6.07) is 25.9. The number of methoxy groups -OCH3 is 3. The zero-order chi connectivity index (χ0) is 38.1. The minimum absolute atomic E-state index is 0.0639. The molecule has 1 fully saturated rings. The van der Waals surface area contributed by atoms with Crippen molar-refractivity contribution in [1.82, 2.24) is 4.90 Å². The number of non-ortho nitro benzene ring substituents is 1. The Kier molecular flexibility index (Phi) is 12.2. The molecule has 53 heavy (non-hydrogen) atoms. The van der Waals surface area contributed by atoms with Gasteiger partial charge in [-0.05, 0) is 97.5 Å². The monoisotopic (exact) mass is 726 g/mol. The summed E-state index contributed by atoms with van der Waals surface area (Å²) in [5.41, 5.74) is 1.42. The van der Waals surface area contributed by atoms with E-state index in [-0.39, 0.29) is 18.9 Å². The third-order valence-electron chi connectivity index (χ3n) is 9.58. The van der Waals surface area contributed by atoms with Crippen molar-refractivity contribution in [2.75, 3.05) is 21.3 Å². The molecule has 0 aromatic heterocycles. The van der Waals surface area contributed by atoms with E-state index in [1.54, 1.807) is 52.5 Å². The Hall–Kier alpha value is -6.11. The standard InChI is InChI=1S/C40H42N2O11/c1-26(53-39(45)52-25-29-6-14-31(15-7-29)42(46)47)40(2)36(37(43)51-24-30-12-20-35(50-5)21-13-30)41(38(40)44)32(22-27-8-16-33(48-3)17-9-27)23-28-10-18-34(49-4)19-11-28/h6-21,26,32,36H,22-25H2,1-5H3. The predicted molar refractivity (Wildman–Crippen MR) is 193 cm³/mol. The van der Waals surface area contributed by atoms with Crippen molar-refractivity contribution >= 4 is 23.7 Å². The highest BCUT2D eigenvalue weighted by Crippen LogP contribution is 2.46. The first-order valence-corrected chi connectivity index (χ1v) is 16.9. The molecule has 5 rings (SSSR count). The molecule has 0 radical (unpaired) electrons. The number of esters is 1. The van der Waals surface area contributed by atoms with Crippen molar-refractivity contribution in [2.45, 2.75) is 58.1 Å². The lowest BCUT2D eigenvalue weighted by molar-refractivity contribution is -0.384. The maximum absolute atomic E-state index is 14.4. The van der Waals surface area contributed by atoms with Gasteiger partial charge in [-0.15, -0.1) is 0 Å². The minimum atomic E-state index is -1.51. The summed E-state index contributed by atoms with van der Waals surface area (Å²) in [6.45, 7) is 2.83. The quantitative estimate of drug-likeness (QED) is 0.0540. The van der Waals surface area contributed by atoms with Crippen LogP contribution in [0.3, 0.4) is 0 Å². The molecule has 1 heterocycles. The molecular weight excluding hydrogens is 684 g/mol. The Bertz CT molecular complexity index is 1830. The molecule has 3 atom stereocenters. The number of nitro benzene ring substituents is 1. The highest BCUT2D eigenvalue weighted by molar-refractivity contribution is 6.01. The number of β-lactam (4-membered cyclic amide) rings is 1. The Morgan fingerprint density at radius 1 is 0.717 bits per heavy atom. The molecule has 0 spiro atoms. The Morgan fingerprint density at radius 3 is 1.57 bits per heavy atom. The van der Waals surface area contributed by atoms with Crippen molar-refractivity contribution < 1.29 is 47.7 Å². The smallest absolute Gasteiger partial charge is 0.497 e. The summed E-state index contributed by atoms with van der Waals surface area (Å²) in [5.74, 6) is 0.951. The second-order valence-corrected chi connectivity index (χ2v) is 12.8. The molecule has 4 aromatic rings. The van der Waals surface area contributed by atoms with Crippen molar-refractivity contribution in [3.05, 3.63) is 129 Å². The van der Waals surface area contributed by atoms with Crippen LogP contribution in [0.25, 0.3) is 0 Å². The molecule has 1 saturated heterocycles. The second-order valence-electron chi connectivity index (χ2n) is 12.8. The fraction of sp³-hybridized carbons (Fsp3) is 0.325. The Morgan fingerprint density at radius 2 is 1.13 bits per heavy atom. The van der Waals surface area contributed by atoms with Crippen LogP contribution in [0.5, 0.6) is 17.2 Å². The Balaban J connectivity index is 1.41. The molecule has 13 heteroatoms. The fourth-order valence-electron chi connectivity index (χ4n) is 6.31. The molecule has 4 aromatic carbocycles. The summed E-state index contributed by atoms with van der Waals surface area (Å²) >= 11 is 0. The zero-order valence-electron chi connectivity index (χ0n) is 30.2. The van der Waals surface area contributed by atoms with E-state index in [4.69, 9.17) is 28.4 Å². The van der Waals surface area contributed by atoms with E-state index in [2.05, 4.69) is 0 Å². The SMILES string of the molecule is COc1ccc(COC(=O)C2N(C(Cc3ccc(OC)cc3)Cc3ccc(OC)cc3)C(=O)C2(C)C(C)OC(=O)OCc2ccc([N+](=O)[O-])cc2)cc1. The van der Waals surface area contributed by atoms with Crippen LogP contribution in [0, 0.1) is 15.5 Å². The van der Waals surface area contributed by atoms with Crippen LogP contribution in [0.15, 0.2) is 97.1 Å². The van der Waals surface area contributed by atoms with Crippen LogP contribution in [0.1, 0.15) is 36.1 Å². The lowest BCUT2D eigenvalue weighted by Crippen LogP contribution is -2.77. The van der Waals surface area contributed by atoms with Crippen molar-refractivity contribution in [3.8, 4) is 17.2 Å². The van der Waals surface area contributed by atoms with Crippen molar-refractivity contribution in [3.63, 3.8) is 0 Å². The summed E-state index contributed by atoms with van der Waals surface area (Å²) in [7, 11) is 4.72. The first-order valence-electron chi connectivity index (χ1n) is 16.9. The molecule has 0 aliphatic carbocycles. The lowest BCUT2D eigenvalue weighted by Gasteiger charge is -2.57. The highest BCUT2D eigenvalue weighted by atomic mass is 16.7. The van der Waals surface area contributed by atoms with Crippen LogP contribution in [-0.2, 0) is 49.9 Å². The van der Waals surface area contributed by atoms with E-state index in [1.807, 2.05) is 48.5 Å². The van der Waals surface area contributed by atoms with Gasteiger partial charge in [0.25, 0.3) is 5.69 Å². The van der Waals surface area contributed by atoms with Gasteiger partial charge in [-0.3, -0.25) is 14.9 Å².